The first kappa shape index (κ1) is 11.9. The molecule has 90 valence electrons. The van der Waals surface area contributed by atoms with Gasteiger partial charge < -0.3 is 5.73 Å². The third kappa shape index (κ3) is 2.77. The summed E-state index contributed by atoms with van der Waals surface area (Å²) in [6, 6.07) is 5.40. The van der Waals surface area contributed by atoms with Crippen LogP contribution in [-0.2, 0) is 6.42 Å². The van der Waals surface area contributed by atoms with Gasteiger partial charge in [-0.2, -0.15) is 5.10 Å². The number of nitrogens with two attached hydrogens (primary N) is 1. The molecule has 0 saturated heterocycles. The van der Waals surface area contributed by atoms with Crippen LogP contribution in [0.1, 0.15) is 19.7 Å². The predicted molar refractivity (Wildman–Crippen MR) is 69.8 cm³/mol. The van der Waals surface area contributed by atoms with Crippen molar-refractivity contribution in [3.05, 3.63) is 29.0 Å². The molecule has 5 heteroatoms. The number of anilines is 1. The summed E-state index contributed by atoms with van der Waals surface area (Å²) in [6.07, 6.45) is 0.885. The standard InChI is InChI=1S/C12H15ClN4/c1-7(2)5-11-15-12(17-16-11)8-3-4-9(13)10(14)6-8/h3-4,6-7H,5,14H2,1-2H3,(H,15,16,17). The molecule has 2 rings (SSSR count). The van der Waals surface area contributed by atoms with Crippen molar-refractivity contribution in [2.75, 3.05) is 5.73 Å². The van der Waals surface area contributed by atoms with Crippen molar-refractivity contribution in [1.29, 1.82) is 0 Å². The molecule has 0 atom stereocenters. The smallest absolute Gasteiger partial charge is 0.181 e. The van der Waals surface area contributed by atoms with Gasteiger partial charge in [-0.25, -0.2) is 4.98 Å². The Morgan fingerprint density at radius 3 is 2.82 bits per heavy atom. The molecular weight excluding hydrogens is 236 g/mol. The zero-order valence-electron chi connectivity index (χ0n) is 9.87. The van der Waals surface area contributed by atoms with E-state index in [-0.39, 0.29) is 0 Å². The van der Waals surface area contributed by atoms with Crippen molar-refractivity contribution < 1.29 is 0 Å². The van der Waals surface area contributed by atoms with Gasteiger partial charge in [-0.15, -0.1) is 0 Å². The molecule has 0 aliphatic carbocycles. The molecule has 4 nitrogen and oxygen atoms in total. The average molecular weight is 251 g/mol. The fraction of sp³-hybridized carbons (Fsp3) is 0.333. The molecule has 0 fully saturated rings. The lowest BCUT2D eigenvalue weighted by Gasteiger charge is -2.00. The van der Waals surface area contributed by atoms with E-state index < -0.39 is 0 Å². The van der Waals surface area contributed by atoms with Gasteiger partial charge >= 0.3 is 0 Å². The number of aromatic nitrogens is 3. The monoisotopic (exact) mass is 250 g/mol. The molecule has 0 spiro atoms. The fourth-order valence-corrected chi connectivity index (χ4v) is 1.70. The maximum absolute atomic E-state index is 5.87. The topological polar surface area (TPSA) is 67.6 Å². The maximum atomic E-state index is 5.87. The Balaban J connectivity index is 2.27. The minimum atomic E-state index is 0.541. The zero-order valence-corrected chi connectivity index (χ0v) is 10.6. The second-order valence-electron chi connectivity index (χ2n) is 4.44. The third-order valence-corrected chi connectivity index (χ3v) is 2.73. The van der Waals surface area contributed by atoms with E-state index in [2.05, 4.69) is 29.0 Å². The number of hydrogen-bond donors (Lipinski definition) is 2. The lowest BCUT2D eigenvalue weighted by molar-refractivity contribution is 0.622. The average Bonchev–Trinajstić information content (AvgIpc) is 2.69. The summed E-state index contributed by atoms with van der Waals surface area (Å²) in [7, 11) is 0. The largest absolute Gasteiger partial charge is 0.398 e. The molecule has 0 aliphatic heterocycles. The van der Waals surface area contributed by atoms with Crippen LogP contribution in [0.25, 0.3) is 11.4 Å². The van der Waals surface area contributed by atoms with Gasteiger partial charge in [0.2, 0.25) is 0 Å². The summed E-state index contributed by atoms with van der Waals surface area (Å²) in [4.78, 5) is 4.43. The van der Waals surface area contributed by atoms with Crippen molar-refractivity contribution >= 4 is 17.3 Å². The van der Waals surface area contributed by atoms with E-state index in [0.717, 1.165) is 17.8 Å². The van der Waals surface area contributed by atoms with E-state index in [1.54, 1.807) is 12.1 Å². The molecule has 0 unspecified atom stereocenters. The Labute approximate surface area is 105 Å². The predicted octanol–water partition coefficient (Wildman–Crippen LogP) is 2.91. The zero-order chi connectivity index (χ0) is 12.4. The number of H-pyrrole nitrogens is 1. The lowest BCUT2D eigenvalue weighted by Crippen LogP contribution is -1.96. The fourth-order valence-electron chi connectivity index (χ4n) is 1.59. The van der Waals surface area contributed by atoms with E-state index >= 15 is 0 Å². The van der Waals surface area contributed by atoms with Crippen LogP contribution in [0.5, 0.6) is 0 Å². The van der Waals surface area contributed by atoms with E-state index in [0.29, 0.717) is 22.5 Å². The van der Waals surface area contributed by atoms with Crippen LogP contribution in [0.15, 0.2) is 18.2 Å². The molecule has 0 amide bonds. The van der Waals surface area contributed by atoms with Crippen LogP contribution in [0.2, 0.25) is 5.02 Å². The van der Waals surface area contributed by atoms with Crippen LogP contribution in [-0.4, -0.2) is 15.2 Å². The Morgan fingerprint density at radius 1 is 1.41 bits per heavy atom. The highest BCUT2D eigenvalue weighted by atomic mass is 35.5. The lowest BCUT2D eigenvalue weighted by atomic mass is 10.1. The first-order valence-electron chi connectivity index (χ1n) is 5.53. The van der Waals surface area contributed by atoms with Gasteiger partial charge in [0.15, 0.2) is 5.82 Å². The molecule has 1 aromatic carbocycles. The molecule has 1 heterocycles. The van der Waals surface area contributed by atoms with Gasteiger partial charge in [-0.1, -0.05) is 25.4 Å². The Hall–Kier alpha value is -1.55. The van der Waals surface area contributed by atoms with Crippen LogP contribution in [0.4, 0.5) is 5.69 Å². The van der Waals surface area contributed by atoms with Gasteiger partial charge in [-0.05, 0) is 24.1 Å². The first-order chi connectivity index (χ1) is 8.06. The molecular formula is C12H15ClN4. The van der Waals surface area contributed by atoms with Gasteiger partial charge in [0, 0.05) is 12.0 Å². The van der Waals surface area contributed by atoms with Gasteiger partial charge in [-0.3, -0.25) is 5.10 Å². The van der Waals surface area contributed by atoms with Gasteiger partial charge in [0.05, 0.1) is 10.7 Å². The molecule has 0 aliphatic rings. The van der Waals surface area contributed by atoms with E-state index in [1.807, 2.05) is 6.07 Å². The van der Waals surface area contributed by atoms with Crippen LogP contribution < -0.4 is 5.73 Å². The molecule has 3 N–H and O–H groups in total. The second kappa shape index (κ2) is 4.75. The number of hydrogen-bond acceptors (Lipinski definition) is 3. The number of aromatic amines is 1. The summed E-state index contributed by atoms with van der Waals surface area (Å²) in [5.41, 5.74) is 7.16. The third-order valence-electron chi connectivity index (χ3n) is 2.39. The molecule has 0 bridgehead atoms. The van der Waals surface area contributed by atoms with Crippen molar-refractivity contribution in [3.63, 3.8) is 0 Å². The Bertz CT molecular complexity index is 519. The molecule has 1 aromatic heterocycles. The number of benzene rings is 1. The first-order valence-corrected chi connectivity index (χ1v) is 5.90. The Morgan fingerprint density at radius 2 is 2.18 bits per heavy atom. The minimum absolute atomic E-state index is 0.541. The highest BCUT2D eigenvalue weighted by molar-refractivity contribution is 6.33. The summed E-state index contributed by atoms with van der Waals surface area (Å²) in [6.45, 7) is 4.28. The highest BCUT2D eigenvalue weighted by Crippen LogP contribution is 2.24. The van der Waals surface area contributed by atoms with E-state index in [1.165, 1.54) is 0 Å². The van der Waals surface area contributed by atoms with Crippen LogP contribution in [0, 0.1) is 5.92 Å². The van der Waals surface area contributed by atoms with Crippen LogP contribution in [0.3, 0.4) is 0 Å². The van der Waals surface area contributed by atoms with Gasteiger partial charge in [0.25, 0.3) is 0 Å². The number of nitrogens with zero attached hydrogens (tertiary/aromatic N) is 2. The SMILES string of the molecule is CC(C)Cc1nc(-c2ccc(Cl)c(N)c2)n[nH]1. The summed E-state index contributed by atoms with van der Waals surface area (Å²) in [5, 5.41) is 7.66. The second-order valence-corrected chi connectivity index (χ2v) is 4.85. The van der Waals surface area contributed by atoms with Crippen molar-refractivity contribution in [1.82, 2.24) is 15.2 Å². The van der Waals surface area contributed by atoms with E-state index in [9.17, 15) is 0 Å². The Kier molecular flexibility index (Phi) is 3.33. The summed E-state index contributed by atoms with van der Waals surface area (Å²) >= 11 is 5.87. The van der Waals surface area contributed by atoms with Crippen LogP contribution >= 0.6 is 11.6 Å². The number of rotatable bonds is 3. The molecule has 0 radical (unpaired) electrons. The quantitative estimate of drug-likeness (QED) is 0.823. The normalized spacial score (nSPS) is 11.1. The van der Waals surface area contributed by atoms with Crippen molar-refractivity contribution in [2.45, 2.75) is 20.3 Å². The number of nitrogens with one attached hydrogen (secondary N) is 1. The van der Waals surface area contributed by atoms with Gasteiger partial charge in [0.1, 0.15) is 5.82 Å². The molecule has 0 saturated carbocycles. The minimum Gasteiger partial charge on any atom is -0.398 e. The van der Waals surface area contributed by atoms with E-state index in [4.69, 9.17) is 17.3 Å². The van der Waals surface area contributed by atoms with Crippen molar-refractivity contribution in [3.8, 4) is 11.4 Å². The highest BCUT2D eigenvalue weighted by Gasteiger charge is 2.08. The number of halogens is 1. The molecule has 2 aromatic rings. The summed E-state index contributed by atoms with van der Waals surface area (Å²) < 4.78 is 0. The maximum Gasteiger partial charge on any atom is 0.181 e. The summed E-state index contributed by atoms with van der Waals surface area (Å²) in [5.74, 6) is 2.10. The molecule has 17 heavy (non-hydrogen) atoms. The number of nitrogen functional groups attached to an aromatic ring is 1. The van der Waals surface area contributed by atoms with Crippen molar-refractivity contribution in [2.24, 2.45) is 5.92 Å².